The van der Waals surface area contributed by atoms with Crippen molar-refractivity contribution >= 4 is 58.5 Å². The van der Waals surface area contributed by atoms with Gasteiger partial charge in [0, 0.05) is 27.2 Å². The van der Waals surface area contributed by atoms with E-state index in [0.29, 0.717) is 26.7 Å². The monoisotopic (exact) mass is 641 g/mol. The van der Waals surface area contributed by atoms with Crippen LogP contribution >= 0.6 is 23.4 Å². The van der Waals surface area contributed by atoms with Gasteiger partial charge in [-0.15, -0.1) is 11.8 Å². The molecule has 4 aromatic rings. The molecule has 0 aliphatic heterocycles. The van der Waals surface area contributed by atoms with E-state index in [4.69, 9.17) is 11.6 Å². The highest BCUT2D eigenvalue weighted by Crippen LogP contribution is 2.30. The molecular formula is C32H24ClF4N3O3S. The van der Waals surface area contributed by atoms with Gasteiger partial charge in [0.15, 0.2) is 23.3 Å². The number of thioether (sulfide) groups is 1. The summed E-state index contributed by atoms with van der Waals surface area (Å²) in [6.07, 6.45) is 1.67. The number of rotatable bonds is 10. The van der Waals surface area contributed by atoms with Crippen LogP contribution in [0.1, 0.15) is 29.3 Å². The van der Waals surface area contributed by atoms with Crippen LogP contribution in [0.5, 0.6) is 0 Å². The Kier molecular flexibility index (Phi) is 10.8. The second-order valence-electron chi connectivity index (χ2n) is 9.26. The van der Waals surface area contributed by atoms with E-state index in [1.54, 1.807) is 85.8 Å². The van der Waals surface area contributed by atoms with Crippen molar-refractivity contribution in [2.24, 2.45) is 0 Å². The van der Waals surface area contributed by atoms with Crippen LogP contribution in [0.2, 0.25) is 5.02 Å². The van der Waals surface area contributed by atoms with E-state index in [2.05, 4.69) is 10.6 Å². The summed E-state index contributed by atoms with van der Waals surface area (Å²) >= 11 is 6.97. The number of anilines is 2. The van der Waals surface area contributed by atoms with E-state index in [1.165, 1.54) is 6.08 Å². The van der Waals surface area contributed by atoms with Crippen molar-refractivity contribution in [2.45, 2.75) is 23.5 Å². The highest BCUT2D eigenvalue weighted by atomic mass is 35.5. The van der Waals surface area contributed by atoms with E-state index in [9.17, 15) is 31.9 Å². The number of carbonyl (C=O) groups is 3. The Morgan fingerprint density at radius 2 is 1.50 bits per heavy atom. The summed E-state index contributed by atoms with van der Waals surface area (Å²) in [7, 11) is 0. The Morgan fingerprint density at radius 3 is 2.14 bits per heavy atom. The van der Waals surface area contributed by atoms with E-state index < -0.39 is 51.9 Å². The topological polar surface area (TPSA) is 87.3 Å². The lowest BCUT2D eigenvalue weighted by atomic mass is 10.1. The lowest BCUT2D eigenvalue weighted by molar-refractivity contribution is -0.116. The maximum Gasteiger partial charge on any atom is 0.272 e. The number of nitrogens with one attached hydrogen (secondary N) is 3. The predicted octanol–water partition coefficient (Wildman–Crippen LogP) is 7.82. The first-order valence-corrected chi connectivity index (χ1v) is 14.4. The van der Waals surface area contributed by atoms with Crippen molar-refractivity contribution in [2.75, 3.05) is 10.6 Å². The van der Waals surface area contributed by atoms with Gasteiger partial charge < -0.3 is 16.0 Å². The summed E-state index contributed by atoms with van der Waals surface area (Å²) in [4.78, 5) is 39.5. The third-order valence-electron chi connectivity index (χ3n) is 6.10. The Labute approximate surface area is 259 Å². The standard InChI is InChI=1S/C32H24ClF4N3O3S/c1-2-26(32(43)40-29-27(36)23(34)17-24(35)28(29)37)44-22-10-6-9-21(16-22)38-31(42)25(15-18-11-13-20(33)14-12-18)39-30(41)19-7-4-3-5-8-19/h3-17,26H,2H2,1H3,(H,38,42)(H,39,41)(H,40,43)/b25-15+. The van der Waals surface area contributed by atoms with E-state index >= 15 is 0 Å². The third-order valence-corrected chi connectivity index (χ3v) is 7.71. The Hall–Kier alpha value is -4.61. The van der Waals surface area contributed by atoms with Crippen molar-refractivity contribution in [3.8, 4) is 0 Å². The SMILES string of the molecule is CCC(Sc1cccc(NC(=O)/C(=C\c2ccc(Cl)cc2)NC(=O)c2ccccc2)c1)C(=O)Nc1c(F)c(F)cc(F)c1F. The molecule has 1 unspecified atom stereocenters. The molecule has 0 fully saturated rings. The number of hydrogen-bond donors (Lipinski definition) is 3. The van der Waals surface area contributed by atoms with Crippen LogP contribution in [-0.2, 0) is 9.59 Å². The molecule has 4 rings (SSSR count). The number of hydrogen-bond acceptors (Lipinski definition) is 4. The minimum Gasteiger partial charge on any atom is -0.321 e. The van der Waals surface area contributed by atoms with Crippen LogP contribution in [0.25, 0.3) is 6.08 Å². The van der Waals surface area contributed by atoms with Crippen molar-refractivity contribution in [1.82, 2.24) is 5.32 Å². The fourth-order valence-corrected chi connectivity index (χ4v) is 5.03. The second kappa shape index (κ2) is 14.7. The third kappa shape index (κ3) is 8.27. The summed E-state index contributed by atoms with van der Waals surface area (Å²) < 4.78 is 55.4. The van der Waals surface area contributed by atoms with E-state index in [0.717, 1.165) is 11.8 Å². The summed E-state index contributed by atoms with van der Waals surface area (Å²) in [6.45, 7) is 1.64. The van der Waals surface area contributed by atoms with Gasteiger partial charge in [0.1, 0.15) is 11.4 Å². The van der Waals surface area contributed by atoms with Gasteiger partial charge in [-0.3, -0.25) is 14.4 Å². The first-order chi connectivity index (χ1) is 21.0. The predicted molar refractivity (Wildman–Crippen MR) is 163 cm³/mol. The summed E-state index contributed by atoms with van der Waals surface area (Å²) in [5, 5.41) is 6.86. The lowest BCUT2D eigenvalue weighted by Gasteiger charge is -2.17. The molecule has 12 heteroatoms. The molecule has 0 heterocycles. The molecule has 6 nitrogen and oxygen atoms in total. The zero-order valence-corrected chi connectivity index (χ0v) is 24.5. The van der Waals surface area contributed by atoms with Gasteiger partial charge in [0.25, 0.3) is 11.8 Å². The fourth-order valence-electron chi connectivity index (χ4n) is 3.89. The molecule has 3 N–H and O–H groups in total. The van der Waals surface area contributed by atoms with Crippen LogP contribution in [-0.4, -0.2) is 23.0 Å². The smallest absolute Gasteiger partial charge is 0.272 e. The van der Waals surface area contributed by atoms with Crippen LogP contribution in [0.3, 0.4) is 0 Å². The largest absolute Gasteiger partial charge is 0.321 e. The molecule has 1 atom stereocenters. The summed E-state index contributed by atoms with van der Waals surface area (Å²) in [6, 6.07) is 21.4. The molecule has 0 spiro atoms. The first kappa shape index (κ1) is 32.3. The van der Waals surface area contributed by atoms with Crippen molar-refractivity contribution in [3.05, 3.63) is 130 Å². The van der Waals surface area contributed by atoms with Crippen molar-refractivity contribution in [1.29, 1.82) is 0 Å². The molecule has 0 saturated carbocycles. The van der Waals surface area contributed by atoms with Gasteiger partial charge in [-0.05, 0) is 60.5 Å². The normalized spacial score (nSPS) is 11.9. The molecule has 0 saturated heterocycles. The van der Waals surface area contributed by atoms with Crippen molar-refractivity contribution < 1.29 is 31.9 Å². The van der Waals surface area contributed by atoms with Crippen LogP contribution < -0.4 is 16.0 Å². The second-order valence-corrected chi connectivity index (χ2v) is 11.0. The number of amides is 3. The number of halogens is 5. The fraction of sp³-hybridized carbons (Fsp3) is 0.0938. The van der Waals surface area contributed by atoms with E-state index in [-0.39, 0.29) is 18.2 Å². The van der Waals surface area contributed by atoms with Crippen LogP contribution in [0, 0.1) is 23.3 Å². The molecule has 0 aliphatic carbocycles. The zero-order chi connectivity index (χ0) is 31.8. The van der Waals surface area contributed by atoms with Gasteiger partial charge in [0.05, 0.1) is 5.25 Å². The Bertz CT molecular complexity index is 1690. The molecule has 0 aromatic heterocycles. The van der Waals surface area contributed by atoms with Crippen LogP contribution in [0.15, 0.2) is 95.5 Å². The maximum atomic E-state index is 14.1. The highest BCUT2D eigenvalue weighted by Gasteiger charge is 2.25. The molecule has 4 aromatic carbocycles. The molecule has 226 valence electrons. The Balaban J connectivity index is 1.52. The lowest BCUT2D eigenvalue weighted by Crippen LogP contribution is -2.30. The Morgan fingerprint density at radius 1 is 0.841 bits per heavy atom. The molecule has 0 aliphatic rings. The van der Waals surface area contributed by atoms with Crippen LogP contribution in [0.4, 0.5) is 28.9 Å². The maximum absolute atomic E-state index is 14.1. The quantitative estimate of drug-likeness (QED) is 0.0713. The number of benzene rings is 4. The summed E-state index contributed by atoms with van der Waals surface area (Å²) in [5.41, 5.74) is -0.0255. The molecule has 44 heavy (non-hydrogen) atoms. The zero-order valence-electron chi connectivity index (χ0n) is 23.0. The van der Waals surface area contributed by atoms with Gasteiger partial charge >= 0.3 is 0 Å². The molecule has 0 radical (unpaired) electrons. The highest BCUT2D eigenvalue weighted by molar-refractivity contribution is 8.00. The van der Waals surface area contributed by atoms with Gasteiger partial charge in [-0.25, -0.2) is 17.6 Å². The summed E-state index contributed by atoms with van der Waals surface area (Å²) in [5.74, 6) is -8.76. The van der Waals surface area contributed by atoms with E-state index in [1.807, 2.05) is 5.32 Å². The molecule has 0 bridgehead atoms. The minimum absolute atomic E-state index is 0.0509. The van der Waals surface area contributed by atoms with Gasteiger partial charge in [0.2, 0.25) is 5.91 Å². The molecular weight excluding hydrogens is 618 g/mol. The van der Waals surface area contributed by atoms with Gasteiger partial charge in [-0.2, -0.15) is 0 Å². The molecule has 3 amide bonds. The average Bonchev–Trinajstić information content (AvgIpc) is 3.02. The van der Waals surface area contributed by atoms with Gasteiger partial charge in [-0.1, -0.05) is 54.9 Å². The van der Waals surface area contributed by atoms with Crippen molar-refractivity contribution in [3.63, 3.8) is 0 Å². The minimum atomic E-state index is -1.72. The number of carbonyl (C=O) groups excluding carboxylic acids is 3. The average molecular weight is 642 g/mol. The first-order valence-electron chi connectivity index (χ1n) is 13.1.